The fourth-order valence-corrected chi connectivity index (χ4v) is 1.92. The van der Waals surface area contributed by atoms with E-state index in [4.69, 9.17) is 4.74 Å². The lowest BCUT2D eigenvalue weighted by atomic mass is 10.2. The van der Waals surface area contributed by atoms with Crippen molar-refractivity contribution in [3.8, 4) is 5.75 Å². The number of hydrogen-bond acceptors (Lipinski definition) is 4. The smallest absolute Gasteiger partial charge is 0.259 e. The van der Waals surface area contributed by atoms with Crippen LogP contribution in [0.1, 0.15) is 11.1 Å². The summed E-state index contributed by atoms with van der Waals surface area (Å²) in [5, 5.41) is 6.98. The Hall–Kier alpha value is -2.82. The molecule has 0 aliphatic heterocycles. The summed E-state index contributed by atoms with van der Waals surface area (Å²) in [6.07, 6.45) is 1.56. The molecule has 0 saturated heterocycles. The van der Waals surface area contributed by atoms with E-state index >= 15 is 0 Å². The Morgan fingerprint density at radius 2 is 2.05 bits per heavy atom. The maximum absolute atomic E-state index is 11.7. The molecule has 2 N–H and O–H groups in total. The Bertz CT molecular complexity index is 668. The molecule has 22 heavy (non-hydrogen) atoms. The molecule has 0 aliphatic carbocycles. The first-order valence-corrected chi connectivity index (χ1v) is 6.94. The summed E-state index contributed by atoms with van der Waals surface area (Å²) in [4.78, 5) is 11.7. The molecule has 0 unspecified atom stereocenters. The number of amides is 1. The van der Waals surface area contributed by atoms with Crippen molar-refractivity contribution in [3.63, 3.8) is 0 Å². The standard InChI is InChI=1S/C17H19N3O2/c1-13-6-5-8-15(10-13)18-12-17(21)20-19-11-14-7-3-4-9-16(14)22-2/h3-11,18H,12H2,1-2H3,(H,20,21). The van der Waals surface area contributed by atoms with Gasteiger partial charge in [-0.1, -0.05) is 24.3 Å². The van der Waals surface area contributed by atoms with Crippen LogP contribution in [0.4, 0.5) is 5.69 Å². The number of anilines is 1. The lowest BCUT2D eigenvalue weighted by Gasteiger charge is -2.06. The highest BCUT2D eigenvalue weighted by atomic mass is 16.5. The Morgan fingerprint density at radius 3 is 2.82 bits per heavy atom. The van der Waals surface area contributed by atoms with Gasteiger partial charge in [0.25, 0.3) is 5.91 Å². The third-order valence-corrected chi connectivity index (χ3v) is 3.00. The second kappa shape index (κ2) is 7.83. The average molecular weight is 297 g/mol. The van der Waals surface area contributed by atoms with Crippen LogP contribution >= 0.6 is 0 Å². The zero-order chi connectivity index (χ0) is 15.8. The molecule has 0 saturated carbocycles. The Kier molecular flexibility index (Phi) is 5.54. The van der Waals surface area contributed by atoms with Gasteiger partial charge in [-0.15, -0.1) is 0 Å². The van der Waals surface area contributed by atoms with Gasteiger partial charge in [-0.25, -0.2) is 5.43 Å². The first-order chi connectivity index (χ1) is 10.7. The van der Waals surface area contributed by atoms with Crippen LogP contribution < -0.4 is 15.5 Å². The second-order valence-electron chi connectivity index (χ2n) is 4.76. The number of para-hydroxylation sites is 1. The predicted octanol–water partition coefficient (Wildman–Crippen LogP) is 2.57. The van der Waals surface area contributed by atoms with Crippen molar-refractivity contribution in [1.82, 2.24) is 5.43 Å². The minimum Gasteiger partial charge on any atom is -0.496 e. The van der Waals surface area contributed by atoms with E-state index in [-0.39, 0.29) is 12.5 Å². The van der Waals surface area contributed by atoms with Gasteiger partial charge in [-0.05, 0) is 36.8 Å². The minimum absolute atomic E-state index is 0.159. The van der Waals surface area contributed by atoms with Crippen molar-refractivity contribution in [1.29, 1.82) is 0 Å². The molecule has 114 valence electrons. The maximum atomic E-state index is 11.7. The van der Waals surface area contributed by atoms with Gasteiger partial charge in [0.15, 0.2) is 0 Å². The average Bonchev–Trinajstić information content (AvgIpc) is 2.53. The number of hydrogen-bond donors (Lipinski definition) is 2. The highest BCUT2D eigenvalue weighted by Crippen LogP contribution is 2.14. The quantitative estimate of drug-likeness (QED) is 0.636. The number of ether oxygens (including phenoxy) is 1. The number of benzene rings is 2. The first kappa shape index (κ1) is 15.6. The molecule has 0 aliphatic rings. The monoisotopic (exact) mass is 297 g/mol. The SMILES string of the molecule is COc1ccccc1C=NNC(=O)CNc1cccc(C)c1. The number of aryl methyl sites for hydroxylation is 1. The lowest BCUT2D eigenvalue weighted by Crippen LogP contribution is -2.25. The van der Waals surface area contributed by atoms with Crippen LogP contribution in [-0.4, -0.2) is 25.8 Å². The molecule has 0 atom stereocenters. The van der Waals surface area contributed by atoms with E-state index in [1.165, 1.54) is 0 Å². The predicted molar refractivity (Wildman–Crippen MR) is 88.4 cm³/mol. The molecule has 2 aromatic carbocycles. The number of nitrogens with one attached hydrogen (secondary N) is 2. The van der Waals surface area contributed by atoms with Gasteiger partial charge in [-0.3, -0.25) is 4.79 Å². The van der Waals surface area contributed by atoms with Gasteiger partial charge in [0.05, 0.1) is 19.9 Å². The van der Waals surface area contributed by atoms with E-state index in [9.17, 15) is 4.79 Å². The molecule has 0 heterocycles. The Morgan fingerprint density at radius 1 is 1.23 bits per heavy atom. The van der Waals surface area contributed by atoms with Crippen LogP contribution in [-0.2, 0) is 4.79 Å². The highest BCUT2D eigenvalue weighted by Gasteiger charge is 2.01. The molecular weight excluding hydrogens is 278 g/mol. The summed E-state index contributed by atoms with van der Waals surface area (Å²) in [7, 11) is 1.59. The second-order valence-corrected chi connectivity index (χ2v) is 4.76. The number of rotatable bonds is 6. The fourth-order valence-electron chi connectivity index (χ4n) is 1.92. The van der Waals surface area contributed by atoms with Crippen molar-refractivity contribution < 1.29 is 9.53 Å². The molecule has 2 rings (SSSR count). The van der Waals surface area contributed by atoms with Crippen molar-refractivity contribution >= 4 is 17.8 Å². The molecule has 5 nitrogen and oxygen atoms in total. The molecule has 0 fully saturated rings. The van der Waals surface area contributed by atoms with E-state index in [0.29, 0.717) is 5.75 Å². The van der Waals surface area contributed by atoms with Crippen molar-refractivity contribution in [3.05, 3.63) is 59.7 Å². The van der Waals surface area contributed by atoms with E-state index in [1.807, 2.05) is 55.5 Å². The number of carbonyl (C=O) groups is 1. The summed E-state index contributed by atoms with van der Waals surface area (Å²) >= 11 is 0. The van der Waals surface area contributed by atoms with E-state index in [0.717, 1.165) is 16.8 Å². The van der Waals surface area contributed by atoms with Crippen LogP contribution in [0, 0.1) is 6.92 Å². The molecule has 0 aromatic heterocycles. The summed E-state index contributed by atoms with van der Waals surface area (Å²) in [6, 6.07) is 15.3. The molecule has 0 spiro atoms. The highest BCUT2D eigenvalue weighted by molar-refractivity contribution is 5.86. The summed E-state index contributed by atoms with van der Waals surface area (Å²) in [6.45, 7) is 2.16. The third-order valence-electron chi connectivity index (χ3n) is 3.00. The maximum Gasteiger partial charge on any atom is 0.259 e. The first-order valence-electron chi connectivity index (χ1n) is 6.94. The van der Waals surface area contributed by atoms with Crippen LogP contribution in [0.2, 0.25) is 0 Å². The number of hydrazone groups is 1. The van der Waals surface area contributed by atoms with Gasteiger partial charge in [-0.2, -0.15) is 5.10 Å². The van der Waals surface area contributed by atoms with Crippen LogP contribution in [0.15, 0.2) is 53.6 Å². The van der Waals surface area contributed by atoms with E-state index in [1.54, 1.807) is 13.3 Å². The van der Waals surface area contributed by atoms with Gasteiger partial charge < -0.3 is 10.1 Å². The van der Waals surface area contributed by atoms with Crippen LogP contribution in [0.3, 0.4) is 0 Å². The van der Waals surface area contributed by atoms with Crippen molar-refractivity contribution in [2.75, 3.05) is 19.0 Å². The summed E-state index contributed by atoms with van der Waals surface area (Å²) in [5.41, 5.74) is 5.33. The molecule has 0 radical (unpaired) electrons. The zero-order valence-corrected chi connectivity index (χ0v) is 12.7. The molecule has 2 aromatic rings. The van der Waals surface area contributed by atoms with E-state index < -0.39 is 0 Å². The summed E-state index contributed by atoms with van der Waals surface area (Å²) < 4.78 is 5.20. The van der Waals surface area contributed by atoms with Crippen molar-refractivity contribution in [2.45, 2.75) is 6.92 Å². The van der Waals surface area contributed by atoms with Crippen LogP contribution in [0.5, 0.6) is 5.75 Å². The minimum atomic E-state index is -0.215. The van der Waals surface area contributed by atoms with Gasteiger partial charge in [0.2, 0.25) is 0 Å². The zero-order valence-electron chi connectivity index (χ0n) is 12.7. The molecule has 5 heteroatoms. The van der Waals surface area contributed by atoms with Crippen molar-refractivity contribution in [2.24, 2.45) is 5.10 Å². The van der Waals surface area contributed by atoms with Gasteiger partial charge in [0.1, 0.15) is 5.75 Å². The molecule has 0 bridgehead atoms. The fraction of sp³-hybridized carbons (Fsp3) is 0.176. The lowest BCUT2D eigenvalue weighted by molar-refractivity contribution is -0.119. The molecular formula is C17H19N3O2. The molecule has 1 amide bonds. The number of methoxy groups -OCH3 is 1. The summed E-state index contributed by atoms with van der Waals surface area (Å²) in [5.74, 6) is 0.492. The Labute approximate surface area is 130 Å². The van der Waals surface area contributed by atoms with Gasteiger partial charge in [0, 0.05) is 11.3 Å². The van der Waals surface area contributed by atoms with E-state index in [2.05, 4.69) is 15.8 Å². The topological polar surface area (TPSA) is 62.7 Å². The normalized spacial score (nSPS) is 10.5. The van der Waals surface area contributed by atoms with Gasteiger partial charge >= 0.3 is 0 Å². The Balaban J connectivity index is 1.83. The van der Waals surface area contributed by atoms with Crippen LogP contribution in [0.25, 0.3) is 0 Å². The third kappa shape index (κ3) is 4.63. The number of carbonyl (C=O) groups excluding carboxylic acids is 1. The largest absolute Gasteiger partial charge is 0.496 e. The number of nitrogens with zero attached hydrogens (tertiary/aromatic N) is 1.